The second-order valence-corrected chi connectivity index (χ2v) is 6.24. The summed E-state index contributed by atoms with van der Waals surface area (Å²) in [6.45, 7) is 9.55. The summed E-state index contributed by atoms with van der Waals surface area (Å²) in [5, 5.41) is 15.4. The third-order valence-corrected chi connectivity index (χ3v) is 4.29. The number of piperazine rings is 1. The molecule has 2 saturated heterocycles. The Labute approximate surface area is 133 Å². The first-order valence-electron chi connectivity index (χ1n) is 8.26. The van der Waals surface area contributed by atoms with E-state index in [1.165, 1.54) is 6.42 Å². The van der Waals surface area contributed by atoms with Crippen LogP contribution in [-0.2, 0) is 4.79 Å². The van der Waals surface area contributed by atoms with Gasteiger partial charge in [-0.3, -0.25) is 9.69 Å². The van der Waals surface area contributed by atoms with Crippen molar-refractivity contribution in [2.75, 3.05) is 52.4 Å². The Balaban J connectivity index is 1.77. The minimum Gasteiger partial charge on any atom is -0.376 e. The standard InChI is InChI=1S/C16H27N5O/c1-14-3-2-7-21(12-14)13-15(11-17)16(22)19-6-10-20-8-4-18-5-9-20/h13-14,18H,2-10,12H2,1H3,(H,19,22)/b15-13-. The Morgan fingerprint density at radius 1 is 1.41 bits per heavy atom. The number of rotatable bonds is 5. The highest BCUT2D eigenvalue weighted by Gasteiger charge is 2.17. The molecule has 22 heavy (non-hydrogen) atoms. The maximum Gasteiger partial charge on any atom is 0.263 e. The molecule has 0 bridgehead atoms. The van der Waals surface area contributed by atoms with Crippen LogP contribution in [0.4, 0.5) is 0 Å². The van der Waals surface area contributed by atoms with E-state index in [1.807, 2.05) is 6.07 Å². The van der Waals surface area contributed by atoms with Gasteiger partial charge in [0.2, 0.25) is 0 Å². The zero-order valence-corrected chi connectivity index (χ0v) is 13.5. The molecule has 2 aliphatic rings. The molecule has 6 nitrogen and oxygen atoms in total. The second-order valence-electron chi connectivity index (χ2n) is 6.24. The Morgan fingerprint density at radius 3 is 2.86 bits per heavy atom. The van der Waals surface area contributed by atoms with Gasteiger partial charge in [-0.15, -0.1) is 0 Å². The summed E-state index contributed by atoms with van der Waals surface area (Å²) in [5.41, 5.74) is 0.217. The number of piperidine rings is 1. The highest BCUT2D eigenvalue weighted by atomic mass is 16.1. The SMILES string of the molecule is CC1CCCN(/C=C(/C#N)C(=O)NCCN2CCNCC2)C1. The lowest BCUT2D eigenvalue weighted by Gasteiger charge is -2.30. The smallest absolute Gasteiger partial charge is 0.263 e. The molecule has 0 aromatic heterocycles. The monoisotopic (exact) mass is 305 g/mol. The Morgan fingerprint density at radius 2 is 2.18 bits per heavy atom. The van der Waals surface area contributed by atoms with Crippen LogP contribution < -0.4 is 10.6 Å². The Kier molecular flexibility index (Phi) is 6.69. The summed E-state index contributed by atoms with van der Waals surface area (Å²) in [6.07, 6.45) is 4.08. The van der Waals surface area contributed by atoms with Crippen molar-refractivity contribution in [2.45, 2.75) is 19.8 Å². The van der Waals surface area contributed by atoms with Gasteiger partial charge >= 0.3 is 0 Å². The minimum absolute atomic E-state index is 0.217. The molecule has 0 spiro atoms. The van der Waals surface area contributed by atoms with Crippen molar-refractivity contribution in [3.63, 3.8) is 0 Å². The van der Waals surface area contributed by atoms with Crippen LogP contribution in [0.5, 0.6) is 0 Å². The zero-order chi connectivity index (χ0) is 15.8. The lowest BCUT2D eigenvalue weighted by atomic mass is 10.0. The molecule has 2 fully saturated rings. The molecule has 6 heteroatoms. The van der Waals surface area contributed by atoms with Crippen molar-refractivity contribution in [1.82, 2.24) is 20.4 Å². The summed E-state index contributed by atoms with van der Waals surface area (Å²) < 4.78 is 0. The van der Waals surface area contributed by atoms with Crippen molar-refractivity contribution < 1.29 is 4.79 Å². The second kappa shape index (κ2) is 8.76. The molecule has 0 radical (unpaired) electrons. The van der Waals surface area contributed by atoms with E-state index >= 15 is 0 Å². The predicted octanol–water partition coefficient (Wildman–Crippen LogP) is 0.147. The van der Waals surface area contributed by atoms with Crippen LogP contribution in [0, 0.1) is 17.2 Å². The molecule has 1 amide bonds. The molecule has 0 saturated carbocycles. The summed E-state index contributed by atoms with van der Waals surface area (Å²) in [5.74, 6) is 0.372. The topological polar surface area (TPSA) is 71.4 Å². The molecule has 0 aromatic rings. The van der Waals surface area contributed by atoms with E-state index in [-0.39, 0.29) is 11.5 Å². The van der Waals surface area contributed by atoms with E-state index < -0.39 is 0 Å². The molecule has 2 heterocycles. The third kappa shape index (κ3) is 5.32. The molecule has 1 atom stereocenters. The van der Waals surface area contributed by atoms with Crippen molar-refractivity contribution >= 4 is 5.91 Å². The first kappa shape index (κ1) is 16.8. The minimum atomic E-state index is -0.254. The normalized spacial score (nSPS) is 23.9. The first-order chi connectivity index (χ1) is 10.7. The number of amides is 1. The van der Waals surface area contributed by atoms with Crippen molar-refractivity contribution in [3.8, 4) is 6.07 Å². The van der Waals surface area contributed by atoms with E-state index in [0.717, 1.165) is 52.2 Å². The molecule has 0 aromatic carbocycles. The highest BCUT2D eigenvalue weighted by molar-refractivity contribution is 5.97. The van der Waals surface area contributed by atoms with Crippen LogP contribution in [0.1, 0.15) is 19.8 Å². The van der Waals surface area contributed by atoms with Gasteiger partial charge in [-0.2, -0.15) is 5.26 Å². The highest BCUT2D eigenvalue weighted by Crippen LogP contribution is 2.16. The third-order valence-electron chi connectivity index (χ3n) is 4.29. The van der Waals surface area contributed by atoms with Gasteiger partial charge in [0, 0.05) is 58.6 Å². The molecule has 2 aliphatic heterocycles. The predicted molar refractivity (Wildman–Crippen MR) is 86.0 cm³/mol. The first-order valence-corrected chi connectivity index (χ1v) is 8.26. The van der Waals surface area contributed by atoms with E-state index in [0.29, 0.717) is 12.5 Å². The average Bonchev–Trinajstić information content (AvgIpc) is 2.53. The molecular formula is C16H27N5O. The van der Waals surface area contributed by atoms with Crippen LogP contribution in [-0.4, -0.2) is 68.1 Å². The number of carbonyl (C=O) groups excluding carboxylic acids is 1. The van der Waals surface area contributed by atoms with Crippen LogP contribution in [0.2, 0.25) is 0 Å². The fourth-order valence-corrected chi connectivity index (χ4v) is 3.02. The van der Waals surface area contributed by atoms with Crippen LogP contribution >= 0.6 is 0 Å². The maximum atomic E-state index is 12.1. The van der Waals surface area contributed by atoms with Crippen LogP contribution in [0.3, 0.4) is 0 Å². The summed E-state index contributed by atoms with van der Waals surface area (Å²) >= 11 is 0. The van der Waals surface area contributed by atoms with Gasteiger partial charge in [-0.05, 0) is 18.8 Å². The van der Waals surface area contributed by atoms with Crippen molar-refractivity contribution in [2.24, 2.45) is 5.92 Å². The lowest BCUT2D eigenvalue weighted by molar-refractivity contribution is -0.117. The van der Waals surface area contributed by atoms with E-state index in [4.69, 9.17) is 0 Å². The average molecular weight is 305 g/mol. The van der Waals surface area contributed by atoms with Crippen molar-refractivity contribution in [1.29, 1.82) is 5.26 Å². The number of nitrogens with zero attached hydrogens (tertiary/aromatic N) is 3. The molecule has 1 unspecified atom stereocenters. The Bertz CT molecular complexity index is 436. The molecule has 2 N–H and O–H groups in total. The Hall–Kier alpha value is -1.58. The number of nitrogens with one attached hydrogen (secondary N) is 2. The van der Waals surface area contributed by atoms with E-state index in [1.54, 1.807) is 6.20 Å². The number of likely N-dealkylation sites (tertiary alicyclic amines) is 1. The fraction of sp³-hybridized carbons (Fsp3) is 0.750. The number of hydrogen-bond acceptors (Lipinski definition) is 5. The lowest BCUT2D eigenvalue weighted by Crippen LogP contribution is -2.46. The van der Waals surface area contributed by atoms with Gasteiger partial charge in [0.15, 0.2) is 0 Å². The fourth-order valence-electron chi connectivity index (χ4n) is 3.02. The van der Waals surface area contributed by atoms with E-state index in [9.17, 15) is 10.1 Å². The number of nitriles is 1. The summed E-state index contributed by atoms with van der Waals surface area (Å²) in [7, 11) is 0. The number of hydrogen-bond donors (Lipinski definition) is 2. The largest absolute Gasteiger partial charge is 0.376 e. The molecule has 0 aliphatic carbocycles. The van der Waals surface area contributed by atoms with Crippen LogP contribution in [0.25, 0.3) is 0 Å². The van der Waals surface area contributed by atoms with Gasteiger partial charge in [0.1, 0.15) is 11.6 Å². The van der Waals surface area contributed by atoms with E-state index in [2.05, 4.69) is 27.4 Å². The quantitative estimate of drug-likeness (QED) is 0.559. The van der Waals surface area contributed by atoms with Gasteiger partial charge in [0.05, 0.1) is 0 Å². The maximum absolute atomic E-state index is 12.1. The summed E-state index contributed by atoms with van der Waals surface area (Å²) in [6, 6.07) is 2.04. The molecule has 2 rings (SSSR count). The van der Waals surface area contributed by atoms with Gasteiger partial charge in [-0.1, -0.05) is 6.92 Å². The van der Waals surface area contributed by atoms with Crippen molar-refractivity contribution in [3.05, 3.63) is 11.8 Å². The van der Waals surface area contributed by atoms with Gasteiger partial charge in [-0.25, -0.2) is 0 Å². The number of carbonyl (C=O) groups is 1. The zero-order valence-electron chi connectivity index (χ0n) is 13.5. The molecular weight excluding hydrogens is 278 g/mol. The van der Waals surface area contributed by atoms with Gasteiger partial charge < -0.3 is 15.5 Å². The van der Waals surface area contributed by atoms with Crippen LogP contribution in [0.15, 0.2) is 11.8 Å². The summed E-state index contributed by atoms with van der Waals surface area (Å²) in [4.78, 5) is 16.5. The molecule has 122 valence electrons. The van der Waals surface area contributed by atoms with Gasteiger partial charge in [0.25, 0.3) is 5.91 Å².